The van der Waals surface area contributed by atoms with Crippen molar-refractivity contribution in [2.24, 2.45) is 5.73 Å². The molecule has 0 radical (unpaired) electrons. The first-order chi connectivity index (χ1) is 7.84. The van der Waals surface area contributed by atoms with Crippen LogP contribution in [0.4, 0.5) is 0 Å². The van der Waals surface area contributed by atoms with E-state index in [1.165, 1.54) is 37.8 Å². The van der Waals surface area contributed by atoms with Gasteiger partial charge in [0.05, 0.1) is 0 Å². The molecular weight excluding hydrogens is 196 g/mol. The van der Waals surface area contributed by atoms with Gasteiger partial charge in [-0.3, -0.25) is 4.90 Å². The second-order valence-electron chi connectivity index (χ2n) is 5.19. The Balaban J connectivity index is 1.74. The molecule has 0 spiro atoms. The van der Waals surface area contributed by atoms with Crippen molar-refractivity contribution in [1.82, 2.24) is 4.90 Å². The summed E-state index contributed by atoms with van der Waals surface area (Å²) >= 11 is 0. The minimum Gasteiger partial charge on any atom is -0.328 e. The molecule has 1 aliphatic heterocycles. The second kappa shape index (κ2) is 4.19. The molecule has 2 nitrogen and oxygen atoms in total. The van der Waals surface area contributed by atoms with Gasteiger partial charge < -0.3 is 5.73 Å². The first-order valence-electron chi connectivity index (χ1n) is 6.41. The Morgan fingerprint density at radius 3 is 2.56 bits per heavy atom. The van der Waals surface area contributed by atoms with Gasteiger partial charge in [-0.05, 0) is 37.8 Å². The van der Waals surface area contributed by atoms with Gasteiger partial charge in [0.1, 0.15) is 0 Å². The van der Waals surface area contributed by atoms with E-state index in [4.69, 9.17) is 5.73 Å². The second-order valence-corrected chi connectivity index (χ2v) is 5.19. The monoisotopic (exact) mass is 216 g/mol. The van der Waals surface area contributed by atoms with Gasteiger partial charge >= 0.3 is 0 Å². The predicted octanol–water partition coefficient (Wildman–Crippen LogP) is 2.31. The predicted molar refractivity (Wildman–Crippen MR) is 66.1 cm³/mol. The highest BCUT2D eigenvalue weighted by Gasteiger charge is 2.37. The van der Waals surface area contributed by atoms with E-state index in [1.807, 2.05) is 0 Å². The van der Waals surface area contributed by atoms with Crippen molar-refractivity contribution in [2.75, 3.05) is 6.54 Å². The third-order valence-electron chi connectivity index (χ3n) is 4.10. The van der Waals surface area contributed by atoms with Crippen molar-refractivity contribution in [2.45, 2.75) is 43.8 Å². The van der Waals surface area contributed by atoms with Crippen LogP contribution in [0.25, 0.3) is 0 Å². The van der Waals surface area contributed by atoms with Crippen LogP contribution in [-0.2, 0) is 0 Å². The molecule has 1 heterocycles. The molecule has 2 fully saturated rings. The van der Waals surface area contributed by atoms with Gasteiger partial charge in [-0.1, -0.05) is 30.3 Å². The lowest BCUT2D eigenvalue weighted by Gasteiger charge is -2.42. The van der Waals surface area contributed by atoms with E-state index in [9.17, 15) is 0 Å². The fourth-order valence-electron chi connectivity index (χ4n) is 3.16. The van der Waals surface area contributed by atoms with E-state index in [0.717, 1.165) is 6.04 Å². The van der Waals surface area contributed by atoms with Crippen molar-refractivity contribution >= 4 is 0 Å². The minimum atomic E-state index is 0.460. The molecule has 1 saturated carbocycles. The number of rotatable bonds is 2. The SMILES string of the molecule is NC1CC(N2CCCC2c2ccccc2)C1. The molecule has 0 amide bonds. The molecular formula is C14H20N2. The van der Waals surface area contributed by atoms with Gasteiger partial charge in [0, 0.05) is 18.1 Å². The fraction of sp³-hybridized carbons (Fsp3) is 0.571. The lowest BCUT2D eigenvalue weighted by atomic mass is 9.85. The van der Waals surface area contributed by atoms with Crippen LogP contribution >= 0.6 is 0 Å². The van der Waals surface area contributed by atoms with Crippen LogP contribution in [0.1, 0.15) is 37.3 Å². The van der Waals surface area contributed by atoms with E-state index in [0.29, 0.717) is 12.1 Å². The number of hydrogen-bond acceptors (Lipinski definition) is 2. The van der Waals surface area contributed by atoms with Crippen LogP contribution < -0.4 is 5.73 Å². The Morgan fingerprint density at radius 2 is 1.88 bits per heavy atom. The molecule has 1 saturated heterocycles. The third kappa shape index (κ3) is 1.76. The molecule has 1 aliphatic carbocycles. The van der Waals surface area contributed by atoms with E-state index < -0.39 is 0 Å². The molecule has 2 N–H and O–H groups in total. The summed E-state index contributed by atoms with van der Waals surface area (Å²) in [5.74, 6) is 0. The Hall–Kier alpha value is -0.860. The van der Waals surface area contributed by atoms with Gasteiger partial charge in [0.15, 0.2) is 0 Å². The molecule has 2 aliphatic rings. The normalized spacial score (nSPS) is 34.9. The quantitative estimate of drug-likeness (QED) is 0.822. The topological polar surface area (TPSA) is 29.3 Å². The molecule has 1 aromatic carbocycles. The summed E-state index contributed by atoms with van der Waals surface area (Å²) in [6.45, 7) is 1.26. The molecule has 1 atom stereocenters. The summed E-state index contributed by atoms with van der Waals surface area (Å²) in [5, 5.41) is 0. The number of nitrogens with two attached hydrogens (primary N) is 1. The summed E-state index contributed by atoms with van der Waals surface area (Å²) in [6.07, 6.45) is 5.05. The van der Waals surface area contributed by atoms with Crippen LogP contribution in [0.2, 0.25) is 0 Å². The van der Waals surface area contributed by atoms with Crippen molar-refractivity contribution in [1.29, 1.82) is 0 Å². The molecule has 86 valence electrons. The van der Waals surface area contributed by atoms with Crippen LogP contribution in [0.3, 0.4) is 0 Å². The third-order valence-corrected chi connectivity index (χ3v) is 4.10. The van der Waals surface area contributed by atoms with Gasteiger partial charge in [0.25, 0.3) is 0 Å². The maximum absolute atomic E-state index is 5.89. The molecule has 2 heteroatoms. The Bertz CT molecular complexity index is 343. The highest BCUT2D eigenvalue weighted by molar-refractivity contribution is 5.20. The van der Waals surface area contributed by atoms with E-state index in [2.05, 4.69) is 35.2 Å². The smallest absolute Gasteiger partial charge is 0.0351 e. The summed E-state index contributed by atoms with van der Waals surface area (Å²) < 4.78 is 0. The van der Waals surface area contributed by atoms with Gasteiger partial charge in [-0.25, -0.2) is 0 Å². The van der Waals surface area contributed by atoms with Crippen LogP contribution in [-0.4, -0.2) is 23.5 Å². The molecule has 16 heavy (non-hydrogen) atoms. The van der Waals surface area contributed by atoms with Crippen LogP contribution in [0.5, 0.6) is 0 Å². The number of hydrogen-bond donors (Lipinski definition) is 1. The first-order valence-corrected chi connectivity index (χ1v) is 6.41. The Kier molecular flexibility index (Phi) is 2.70. The Labute approximate surface area is 97.4 Å². The largest absolute Gasteiger partial charge is 0.328 e. The summed E-state index contributed by atoms with van der Waals surface area (Å²) in [4.78, 5) is 2.68. The highest BCUT2D eigenvalue weighted by atomic mass is 15.2. The van der Waals surface area contributed by atoms with E-state index >= 15 is 0 Å². The molecule has 1 unspecified atom stereocenters. The molecule has 0 bridgehead atoms. The molecule has 1 aromatic rings. The average molecular weight is 216 g/mol. The summed E-state index contributed by atoms with van der Waals surface area (Å²) in [7, 11) is 0. The lowest BCUT2D eigenvalue weighted by molar-refractivity contribution is 0.0981. The number of benzene rings is 1. The Morgan fingerprint density at radius 1 is 1.12 bits per heavy atom. The van der Waals surface area contributed by atoms with Crippen molar-refractivity contribution in [3.63, 3.8) is 0 Å². The lowest BCUT2D eigenvalue weighted by Crippen LogP contribution is -2.50. The van der Waals surface area contributed by atoms with Gasteiger partial charge in [0.2, 0.25) is 0 Å². The first kappa shape index (κ1) is 10.3. The van der Waals surface area contributed by atoms with Gasteiger partial charge in [-0.2, -0.15) is 0 Å². The van der Waals surface area contributed by atoms with Crippen LogP contribution in [0.15, 0.2) is 30.3 Å². The average Bonchev–Trinajstić information content (AvgIpc) is 2.74. The zero-order valence-corrected chi connectivity index (χ0v) is 9.68. The zero-order valence-electron chi connectivity index (χ0n) is 9.68. The molecule has 3 rings (SSSR count). The maximum atomic E-state index is 5.89. The van der Waals surface area contributed by atoms with Crippen LogP contribution in [0, 0.1) is 0 Å². The van der Waals surface area contributed by atoms with E-state index in [-0.39, 0.29) is 0 Å². The molecule has 0 aromatic heterocycles. The number of likely N-dealkylation sites (tertiary alicyclic amines) is 1. The van der Waals surface area contributed by atoms with Gasteiger partial charge in [-0.15, -0.1) is 0 Å². The van der Waals surface area contributed by atoms with E-state index in [1.54, 1.807) is 0 Å². The maximum Gasteiger partial charge on any atom is 0.0351 e. The highest BCUT2D eigenvalue weighted by Crippen LogP contribution is 2.38. The minimum absolute atomic E-state index is 0.460. The number of nitrogens with zero attached hydrogens (tertiary/aromatic N) is 1. The fourth-order valence-corrected chi connectivity index (χ4v) is 3.16. The summed E-state index contributed by atoms with van der Waals surface area (Å²) in [5.41, 5.74) is 7.38. The standard InChI is InChI=1S/C14H20N2/c15-12-9-13(10-12)16-8-4-7-14(16)11-5-2-1-3-6-11/h1-3,5-6,12-14H,4,7-10,15H2. The van der Waals surface area contributed by atoms with Crippen molar-refractivity contribution < 1.29 is 0 Å². The van der Waals surface area contributed by atoms with Crippen molar-refractivity contribution in [3.8, 4) is 0 Å². The van der Waals surface area contributed by atoms with Crippen molar-refractivity contribution in [3.05, 3.63) is 35.9 Å². The zero-order chi connectivity index (χ0) is 11.0. The summed E-state index contributed by atoms with van der Waals surface area (Å²) in [6, 6.07) is 12.8.